The summed E-state index contributed by atoms with van der Waals surface area (Å²) in [5, 5.41) is 3.03. The van der Waals surface area contributed by atoms with Crippen LogP contribution >= 0.6 is 0 Å². The zero-order valence-electron chi connectivity index (χ0n) is 11.5. The predicted octanol–water partition coefficient (Wildman–Crippen LogP) is 0.817. The molecule has 0 bridgehead atoms. The average molecular weight is 278 g/mol. The monoisotopic (exact) mass is 278 g/mol. The van der Waals surface area contributed by atoms with Crippen LogP contribution in [0.2, 0.25) is 0 Å². The van der Waals surface area contributed by atoms with Crippen molar-refractivity contribution >= 4 is 10.0 Å². The second-order valence-corrected chi connectivity index (χ2v) is 6.77. The summed E-state index contributed by atoms with van der Waals surface area (Å²) in [7, 11) is -1.17. The first-order valence-corrected chi connectivity index (χ1v) is 8.45. The lowest BCUT2D eigenvalue weighted by molar-refractivity contribution is 0.0290. The summed E-state index contributed by atoms with van der Waals surface area (Å²) in [6.45, 7) is 4.78. The first kappa shape index (κ1) is 15.9. The molecule has 1 fully saturated rings. The maximum absolute atomic E-state index is 12.1. The van der Waals surface area contributed by atoms with Crippen LogP contribution in [0.15, 0.2) is 0 Å². The summed E-state index contributed by atoms with van der Waals surface area (Å²) in [5.74, 6) is 0.272. The van der Waals surface area contributed by atoms with Gasteiger partial charge in [0.05, 0.1) is 11.9 Å². The van der Waals surface area contributed by atoms with Gasteiger partial charge in [-0.1, -0.05) is 0 Å². The molecule has 0 radical (unpaired) electrons. The number of nitrogens with zero attached hydrogens (tertiary/aromatic N) is 1. The Kier molecular flexibility index (Phi) is 7.14. The van der Waals surface area contributed by atoms with Gasteiger partial charge in [-0.3, -0.25) is 0 Å². The molecule has 18 heavy (non-hydrogen) atoms. The summed E-state index contributed by atoms with van der Waals surface area (Å²) in [4.78, 5) is 0. The molecule has 1 rings (SSSR count). The standard InChI is InChI=1S/C12H26N2O3S/c1-3-17-12-6-9-14(10-7-12)18(15,16)11-5-4-8-13-2/h12-13H,3-11H2,1-2H3. The number of rotatable bonds is 8. The van der Waals surface area contributed by atoms with Gasteiger partial charge in [0.15, 0.2) is 0 Å². The van der Waals surface area contributed by atoms with Crippen LogP contribution in [0.4, 0.5) is 0 Å². The molecule has 0 aliphatic carbocycles. The second-order valence-electron chi connectivity index (χ2n) is 4.68. The van der Waals surface area contributed by atoms with Crippen LogP contribution in [-0.2, 0) is 14.8 Å². The van der Waals surface area contributed by atoms with Crippen molar-refractivity contribution in [1.29, 1.82) is 0 Å². The first-order chi connectivity index (χ1) is 8.60. The number of nitrogens with one attached hydrogen (secondary N) is 1. The van der Waals surface area contributed by atoms with Crippen molar-refractivity contribution < 1.29 is 13.2 Å². The van der Waals surface area contributed by atoms with Crippen LogP contribution < -0.4 is 5.32 Å². The molecule has 0 unspecified atom stereocenters. The van der Waals surface area contributed by atoms with E-state index in [1.54, 1.807) is 4.31 Å². The molecule has 0 aromatic heterocycles. The highest BCUT2D eigenvalue weighted by molar-refractivity contribution is 7.89. The number of hydrogen-bond donors (Lipinski definition) is 1. The summed E-state index contributed by atoms with van der Waals surface area (Å²) in [6.07, 6.45) is 3.53. The molecule has 1 aliphatic heterocycles. The topological polar surface area (TPSA) is 58.6 Å². The molecule has 0 amide bonds. The fraction of sp³-hybridized carbons (Fsp3) is 1.00. The third-order valence-electron chi connectivity index (χ3n) is 3.28. The Morgan fingerprint density at radius 3 is 2.50 bits per heavy atom. The van der Waals surface area contributed by atoms with E-state index < -0.39 is 10.0 Å². The van der Waals surface area contributed by atoms with E-state index in [1.807, 2.05) is 14.0 Å². The number of sulfonamides is 1. The summed E-state index contributed by atoms with van der Waals surface area (Å²) in [5.41, 5.74) is 0. The molecule has 1 aliphatic rings. The normalized spacial score (nSPS) is 19.2. The minimum absolute atomic E-state index is 0.241. The molecule has 1 N–H and O–H groups in total. The van der Waals surface area contributed by atoms with Crippen molar-refractivity contribution in [2.75, 3.05) is 39.0 Å². The van der Waals surface area contributed by atoms with Gasteiger partial charge in [0.2, 0.25) is 10.0 Å². The molecule has 1 heterocycles. The second kappa shape index (κ2) is 8.09. The summed E-state index contributed by atoms with van der Waals surface area (Å²) >= 11 is 0. The highest BCUT2D eigenvalue weighted by Crippen LogP contribution is 2.17. The third kappa shape index (κ3) is 5.22. The first-order valence-electron chi connectivity index (χ1n) is 6.84. The SMILES string of the molecule is CCOC1CCN(S(=O)(=O)CCCCNC)CC1. The van der Waals surface area contributed by atoms with Crippen LogP contribution in [-0.4, -0.2) is 57.9 Å². The minimum atomic E-state index is -3.05. The van der Waals surface area contributed by atoms with Gasteiger partial charge >= 0.3 is 0 Å². The molecule has 0 atom stereocenters. The fourth-order valence-electron chi connectivity index (χ4n) is 2.23. The Morgan fingerprint density at radius 1 is 1.28 bits per heavy atom. The van der Waals surface area contributed by atoms with Crippen molar-refractivity contribution in [3.05, 3.63) is 0 Å². The lowest BCUT2D eigenvalue weighted by Crippen LogP contribution is -2.41. The number of piperidine rings is 1. The van der Waals surface area contributed by atoms with Crippen LogP contribution in [0.1, 0.15) is 32.6 Å². The molecule has 108 valence electrons. The lowest BCUT2D eigenvalue weighted by atomic mass is 10.1. The van der Waals surface area contributed by atoms with Crippen LogP contribution in [0.5, 0.6) is 0 Å². The minimum Gasteiger partial charge on any atom is -0.378 e. The Morgan fingerprint density at radius 2 is 1.94 bits per heavy atom. The predicted molar refractivity (Wildman–Crippen MR) is 73.2 cm³/mol. The molecule has 0 aromatic rings. The van der Waals surface area contributed by atoms with Gasteiger partial charge in [-0.2, -0.15) is 0 Å². The fourth-order valence-corrected chi connectivity index (χ4v) is 3.82. The highest BCUT2D eigenvalue weighted by Gasteiger charge is 2.27. The van der Waals surface area contributed by atoms with Crippen molar-refractivity contribution in [2.45, 2.75) is 38.7 Å². The Labute approximate surface area is 111 Å². The molecular formula is C12H26N2O3S. The van der Waals surface area contributed by atoms with Crippen molar-refractivity contribution in [1.82, 2.24) is 9.62 Å². The van der Waals surface area contributed by atoms with E-state index in [0.717, 1.165) is 32.2 Å². The number of ether oxygens (including phenoxy) is 1. The number of unbranched alkanes of at least 4 members (excludes halogenated alkanes) is 1. The zero-order valence-corrected chi connectivity index (χ0v) is 12.3. The van der Waals surface area contributed by atoms with Crippen LogP contribution in [0.25, 0.3) is 0 Å². The lowest BCUT2D eigenvalue weighted by Gasteiger charge is -2.31. The van der Waals surface area contributed by atoms with E-state index in [2.05, 4.69) is 5.32 Å². The smallest absolute Gasteiger partial charge is 0.214 e. The maximum atomic E-state index is 12.1. The molecular weight excluding hydrogens is 252 g/mol. The zero-order chi connectivity index (χ0) is 13.4. The van der Waals surface area contributed by atoms with Crippen LogP contribution in [0.3, 0.4) is 0 Å². The van der Waals surface area contributed by atoms with E-state index in [0.29, 0.717) is 19.7 Å². The Bertz CT molecular complexity index is 311. The van der Waals surface area contributed by atoms with E-state index in [9.17, 15) is 8.42 Å². The van der Waals surface area contributed by atoms with Crippen molar-refractivity contribution in [3.63, 3.8) is 0 Å². The molecule has 0 aromatic carbocycles. The van der Waals surface area contributed by atoms with Gasteiger partial charge in [-0.25, -0.2) is 12.7 Å². The van der Waals surface area contributed by atoms with Gasteiger partial charge in [-0.05, 0) is 46.2 Å². The van der Waals surface area contributed by atoms with Gasteiger partial charge in [-0.15, -0.1) is 0 Å². The summed E-state index contributed by atoms with van der Waals surface area (Å²) < 4.78 is 31.3. The Balaban J connectivity index is 2.31. The van der Waals surface area contributed by atoms with Gasteiger partial charge in [0.25, 0.3) is 0 Å². The van der Waals surface area contributed by atoms with Gasteiger partial charge < -0.3 is 10.1 Å². The third-order valence-corrected chi connectivity index (χ3v) is 5.23. The van der Waals surface area contributed by atoms with Crippen molar-refractivity contribution in [3.8, 4) is 0 Å². The quantitative estimate of drug-likeness (QED) is 0.668. The van der Waals surface area contributed by atoms with E-state index in [-0.39, 0.29) is 11.9 Å². The molecule has 6 heteroatoms. The van der Waals surface area contributed by atoms with E-state index in [4.69, 9.17) is 4.74 Å². The van der Waals surface area contributed by atoms with Crippen molar-refractivity contribution in [2.24, 2.45) is 0 Å². The largest absolute Gasteiger partial charge is 0.378 e. The summed E-state index contributed by atoms with van der Waals surface area (Å²) in [6, 6.07) is 0. The molecule has 1 saturated heterocycles. The Hall–Kier alpha value is -0.170. The highest BCUT2D eigenvalue weighted by atomic mass is 32.2. The maximum Gasteiger partial charge on any atom is 0.214 e. The van der Waals surface area contributed by atoms with Crippen LogP contribution in [0, 0.1) is 0 Å². The molecule has 0 spiro atoms. The van der Waals surface area contributed by atoms with E-state index >= 15 is 0 Å². The van der Waals surface area contributed by atoms with E-state index in [1.165, 1.54) is 0 Å². The molecule has 5 nitrogen and oxygen atoms in total. The average Bonchev–Trinajstić information content (AvgIpc) is 2.36. The number of hydrogen-bond acceptors (Lipinski definition) is 4. The van der Waals surface area contributed by atoms with Gasteiger partial charge in [0, 0.05) is 19.7 Å². The molecule has 0 saturated carbocycles. The van der Waals surface area contributed by atoms with Gasteiger partial charge in [0.1, 0.15) is 0 Å².